The van der Waals surface area contributed by atoms with Crippen LogP contribution < -0.4 is 14.4 Å². The first-order chi connectivity index (χ1) is 13.9. The Hall–Kier alpha value is -2.54. The Morgan fingerprint density at radius 3 is 2.47 bits per heavy atom. The van der Waals surface area contributed by atoms with Gasteiger partial charge in [0.15, 0.2) is 0 Å². The molecule has 1 aliphatic heterocycles. The Balaban J connectivity index is 1.91. The van der Waals surface area contributed by atoms with Crippen LogP contribution in [0.1, 0.15) is 49.9 Å². The molecule has 0 saturated heterocycles. The van der Waals surface area contributed by atoms with E-state index >= 15 is 0 Å². The SMILES string of the molecule is Cc1cccc(N([C@H](C)C(=O)N[C@@H]2CC(C)(C)Oc3ccc(C)cc32)S(C)(=O)=O)c1. The zero-order valence-electron chi connectivity index (χ0n) is 18.4. The minimum absolute atomic E-state index is 0.266. The summed E-state index contributed by atoms with van der Waals surface area (Å²) < 4.78 is 32.4. The Kier molecular flexibility index (Phi) is 5.87. The van der Waals surface area contributed by atoms with E-state index in [1.807, 2.05) is 52.0 Å². The highest BCUT2D eigenvalue weighted by Crippen LogP contribution is 2.40. The van der Waals surface area contributed by atoms with Crippen LogP contribution in [-0.4, -0.2) is 32.2 Å². The van der Waals surface area contributed by atoms with Crippen molar-refractivity contribution in [2.45, 2.75) is 58.7 Å². The molecule has 0 radical (unpaired) electrons. The van der Waals surface area contributed by atoms with Gasteiger partial charge in [0.1, 0.15) is 17.4 Å². The minimum atomic E-state index is -3.66. The normalized spacial score (nSPS) is 18.7. The molecule has 0 unspecified atom stereocenters. The molecule has 1 heterocycles. The number of nitrogens with one attached hydrogen (secondary N) is 1. The molecule has 1 aliphatic rings. The quantitative estimate of drug-likeness (QED) is 0.781. The van der Waals surface area contributed by atoms with Crippen LogP contribution in [0.5, 0.6) is 5.75 Å². The Morgan fingerprint density at radius 1 is 1.17 bits per heavy atom. The van der Waals surface area contributed by atoms with Gasteiger partial charge in [-0.15, -0.1) is 0 Å². The van der Waals surface area contributed by atoms with E-state index in [4.69, 9.17) is 4.74 Å². The highest BCUT2D eigenvalue weighted by molar-refractivity contribution is 7.92. The van der Waals surface area contributed by atoms with Gasteiger partial charge in [0, 0.05) is 12.0 Å². The Morgan fingerprint density at radius 2 is 1.83 bits per heavy atom. The lowest BCUT2D eigenvalue weighted by atomic mass is 9.89. The standard InChI is InChI=1S/C23H30N2O4S/c1-15-8-7-9-18(12-15)25(30(6,27)28)17(3)22(26)24-20-14-23(4,5)29-21-11-10-16(2)13-19(20)21/h7-13,17,20H,14H2,1-6H3,(H,24,26)/t17-,20-/m1/s1. The lowest BCUT2D eigenvalue weighted by Gasteiger charge is -2.39. The summed E-state index contributed by atoms with van der Waals surface area (Å²) >= 11 is 0. The molecule has 2 aromatic rings. The Bertz CT molecular complexity index is 1060. The van der Waals surface area contributed by atoms with Crippen molar-refractivity contribution < 1.29 is 17.9 Å². The summed E-state index contributed by atoms with van der Waals surface area (Å²) in [6.07, 6.45) is 1.71. The van der Waals surface area contributed by atoms with Crippen molar-refractivity contribution >= 4 is 21.6 Å². The fourth-order valence-corrected chi connectivity index (χ4v) is 5.14. The van der Waals surface area contributed by atoms with Gasteiger partial charge in [0.05, 0.1) is 18.0 Å². The first kappa shape index (κ1) is 22.2. The molecule has 2 atom stereocenters. The fraction of sp³-hybridized carbons (Fsp3) is 0.435. The summed E-state index contributed by atoms with van der Waals surface area (Å²) in [6, 6.07) is 11.9. The molecule has 0 spiro atoms. The van der Waals surface area contributed by atoms with Crippen LogP contribution in [0.15, 0.2) is 42.5 Å². The Labute approximate surface area is 179 Å². The minimum Gasteiger partial charge on any atom is -0.487 e. The van der Waals surface area contributed by atoms with Gasteiger partial charge in [-0.25, -0.2) is 8.42 Å². The second kappa shape index (κ2) is 7.95. The van der Waals surface area contributed by atoms with E-state index in [0.717, 1.165) is 28.7 Å². The smallest absolute Gasteiger partial charge is 0.244 e. The molecule has 0 aromatic heterocycles. The number of nitrogens with zero attached hydrogens (tertiary/aromatic N) is 1. The summed E-state index contributed by atoms with van der Waals surface area (Å²) in [6.45, 7) is 9.45. The van der Waals surface area contributed by atoms with E-state index in [1.165, 1.54) is 4.31 Å². The first-order valence-electron chi connectivity index (χ1n) is 10.0. The third kappa shape index (κ3) is 4.78. The number of benzene rings is 2. The van der Waals surface area contributed by atoms with Crippen LogP contribution in [-0.2, 0) is 14.8 Å². The van der Waals surface area contributed by atoms with Crippen LogP contribution >= 0.6 is 0 Å². The van der Waals surface area contributed by atoms with Crippen LogP contribution in [0, 0.1) is 13.8 Å². The molecule has 30 heavy (non-hydrogen) atoms. The molecular formula is C23H30N2O4S. The number of rotatable bonds is 5. The zero-order valence-corrected chi connectivity index (χ0v) is 19.2. The maximum atomic E-state index is 13.2. The first-order valence-corrected chi connectivity index (χ1v) is 11.9. The average Bonchev–Trinajstić information content (AvgIpc) is 2.60. The molecule has 3 rings (SSSR count). The van der Waals surface area contributed by atoms with E-state index in [9.17, 15) is 13.2 Å². The summed E-state index contributed by atoms with van der Waals surface area (Å²) in [4.78, 5) is 13.2. The monoisotopic (exact) mass is 430 g/mol. The lowest BCUT2D eigenvalue weighted by molar-refractivity contribution is -0.123. The van der Waals surface area contributed by atoms with Gasteiger partial charge in [0.2, 0.25) is 15.9 Å². The van der Waals surface area contributed by atoms with Crippen molar-refractivity contribution in [3.63, 3.8) is 0 Å². The highest BCUT2D eigenvalue weighted by atomic mass is 32.2. The number of aryl methyl sites for hydroxylation is 2. The summed E-state index contributed by atoms with van der Waals surface area (Å²) in [5.74, 6) is 0.394. The molecule has 0 aliphatic carbocycles. The van der Waals surface area contributed by atoms with Crippen LogP contribution in [0.3, 0.4) is 0 Å². The van der Waals surface area contributed by atoms with Crippen LogP contribution in [0.25, 0.3) is 0 Å². The van der Waals surface area contributed by atoms with Gasteiger partial charge < -0.3 is 10.1 Å². The highest BCUT2D eigenvalue weighted by Gasteiger charge is 2.37. The van der Waals surface area contributed by atoms with Gasteiger partial charge in [-0.2, -0.15) is 0 Å². The predicted octanol–water partition coefficient (Wildman–Crippen LogP) is 3.88. The molecule has 0 bridgehead atoms. The summed E-state index contributed by atoms with van der Waals surface area (Å²) in [7, 11) is -3.66. The van der Waals surface area contributed by atoms with Crippen molar-refractivity contribution in [1.29, 1.82) is 0 Å². The molecule has 1 amide bonds. The predicted molar refractivity (Wildman–Crippen MR) is 119 cm³/mol. The average molecular weight is 431 g/mol. The van der Waals surface area contributed by atoms with Gasteiger partial charge in [0.25, 0.3) is 0 Å². The molecular weight excluding hydrogens is 400 g/mol. The molecule has 0 fully saturated rings. The van der Waals surface area contributed by atoms with E-state index in [2.05, 4.69) is 5.32 Å². The third-order valence-corrected chi connectivity index (χ3v) is 6.53. The molecule has 0 saturated carbocycles. The summed E-state index contributed by atoms with van der Waals surface area (Å²) in [5.41, 5.74) is 2.93. The largest absolute Gasteiger partial charge is 0.487 e. The molecule has 162 valence electrons. The molecule has 6 nitrogen and oxygen atoms in total. The van der Waals surface area contributed by atoms with Crippen molar-refractivity contribution in [3.05, 3.63) is 59.2 Å². The zero-order chi connectivity index (χ0) is 22.3. The second-order valence-electron chi connectivity index (χ2n) is 8.74. The van der Waals surface area contributed by atoms with Gasteiger partial charge in [-0.3, -0.25) is 9.10 Å². The second-order valence-corrected chi connectivity index (χ2v) is 10.6. The maximum absolute atomic E-state index is 13.2. The van der Waals surface area contributed by atoms with Crippen LogP contribution in [0.4, 0.5) is 5.69 Å². The van der Waals surface area contributed by atoms with Gasteiger partial charge in [-0.05, 0) is 58.4 Å². The topological polar surface area (TPSA) is 75.7 Å². The van der Waals surface area contributed by atoms with E-state index in [0.29, 0.717) is 12.1 Å². The van der Waals surface area contributed by atoms with Gasteiger partial charge in [-0.1, -0.05) is 29.8 Å². The number of carbonyl (C=O) groups excluding carboxylic acids is 1. The lowest BCUT2D eigenvalue weighted by Crippen LogP contribution is -2.50. The number of sulfonamides is 1. The third-order valence-electron chi connectivity index (χ3n) is 5.28. The molecule has 7 heteroatoms. The summed E-state index contributed by atoms with van der Waals surface area (Å²) in [5, 5.41) is 3.07. The number of hydrogen-bond acceptors (Lipinski definition) is 4. The number of hydrogen-bond donors (Lipinski definition) is 1. The van der Waals surface area contributed by atoms with Gasteiger partial charge >= 0.3 is 0 Å². The molecule has 1 N–H and O–H groups in total. The van der Waals surface area contributed by atoms with E-state index in [1.54, 1.807) is 25.1 Å². The molecule has 2 aromatic carbocycles. The van der Waals surface area contributed by atoms with Crippen molar-refractivity contribution in [2.24, 2.45) is 0 Å². The number of amides is 1. The maximum Gasteiger partial charge on any atom is 0.244 e. The number of ether oxygens (including phenoxy) is 1. The number of fused-ring (bicyclic) bond motifs is 1. The van der Waals surface area contributed by atoms with E-state index in [-0.39, 0.29) is 11.9 Å². The van der Waals surface area contributed by atoms with Crippen LogP contribution in [0.2, 0.25) is 0 Å². The number of carbonyl (C=O) groups is 1. The van der Waals surface area contributed by atoms with Crippen molar-refractivity contribution in [2.75, 3.05) is 10.6 Å². The van der Waals surface area contributed by atoms with Crippen molar-refractivity contribution in [1.82, 2.24) is 5.32 Å². The van der Waals surface area contributed by atoms with Crippen molar-refractivity contribution in [3.8, 4) is 5.75 Å². The number of anilines is 1. The fourth-order valence-electron chi connectivity index (χ4n) is 3.97. The van der Waals surface area contributed by atoms with E-state index < -0.39 is 21.7 Å².